The van der Waals surface area contributed by atoms with Crippen LogP contribution in [0.25, 0.3) is 0 Å². The van der Waals surface area contributed by atoms with Crippen molar-refractivity contribution in [3.05, 3.63) is 29.6 Å². The molecular formula is C29H47N3. The predicted octanol–water partition coefficient (Wildman–Crippen LogP) is 7.91. The highest BCUT2D eigenvalue weighted by molar-refractivity contribution is 6.00. The van der Waals surface area contributed by atoms with E-state index in [1.54, 1.807) is 0 Å². The van der Waals surface area contributed by atoms with Crippen LogP contribution in [-0.2, 0) is 0 Å². The average molecular weight is 438 g/mol. The highest BCUT2D eigenvalue weighted by atomic mass is 14.9. The molecular weight excluding hydrogens is 390 g/mol. The first-order valence-electron chi connectivity index (χ1n) is 13.0. The summed E-state index contributed by atoms with van der Waals surface area (Å²) in [6.07, 6.45) is 10.1. The first-order valence-corrected chi connectivity index (χ1v) is 13.0. The summed E-state index contributed by atoms with van der Waals surface area (Å²) in [6.45, 7) is 18.5. The Labute approximate surface area is 197 Å². The van der Waals surface area contributed by atoms with E-state index in [1.165, 1.54) is 51.4 Å². The van der Waals surface area contributed by atoms with Crippen molar-refractivity contribution in [2.24, 2.45) is 32.7 Å². The molecule has 32 heavy (non-hydrogen) atoms. The third-order valence-corrected chi connectivity index (χ3v) is 7.99. The van der Waals surface area contributed by atoms with Crippen molar-refractivity contribution in [1.82, 2.24) is 4.98 Å². The van der Waals surface area contributed by atoms with Gasteiger partial charge in [-0.1, -0.05) is 60.5 Å². The molecule has 3 heteroatoms. The second kappa shape index (κ2) is 10.2. The van der Waals surface area contributed by atoms with Gasteiger partial charge in [0, 0.05) is 0 Å². The zero-order valence-electron chi connectivity index (χ0n) is 22.0. The van der Waals surface area contributed by atoms with Gasteiger partial charge in [0.1, 0.15) is 0 Å². The molecule has 2 aliphatic rings. The Hall–Kier alpha value is -1.51. The molecule has 178 valence electrons. The van der Waals surface area contributed by atoms with E-state index in [0.717, 1.165) is 28.7 Å². The Kier molecular flexibility index (Phi) is 7.99. The standard InChI is InChI=1S/C29H47N3/c1-20(30-23-18-16-22(17-19-23)28(3,4)5)25-14-11-15-26(32-25)21(2)31-27-13-10-9-12-24(27)29(6,7)8/h11,14-15,22-24,27H,9-10,12-13,16-19H2,1-8H3. The summed E-state index contributed by atoms with van der Waals surface area (Å²) < 4.78 is 0. The molecule has 2 aliphatic carbocycles. The number of nitrogens with zero attached hydrogens (tertiary/aromatic N) is 3. The minimum Gasteiger partial charge on any atom is -0.284 e. The minimum absolute atomic E-state index is 0.305. The van der Waals surface area contributed by atoms with Gasteiger partial charge in [-0.2, -0.15) is 0 Å². The van der Waals surface area contributed by atoms with E-state index in [0.29, 0.717) is 28.8 Å². The van der Waals surface area contributed by atoms with Crippen LogP contribution in [0.2, 0.25) is 0 Å². The lowest BCUT2D eigenvalue weighted by Gasteiger charge is -2.38. The first kappa shape index (κ1) is 25.1. The highest BCUT2D eigenvalue weighted by Crippen LogP contribution is 2.40. The molecule has 0 amide bonds. The fourth-order valence-electron chi connectivity index (χ4n) is 5.84. The van der Waals surface area contributed by atoms with Gasteiger partial charge in [0.2, 0.25) is 0 Å². The van der Waals surface area contributed by atoms with Crippen LogP contribution in [0.3, 0.4) is 0 Å². The van der Waals surface area contributed by atoms with Gasteiger partial charge in [-0.15, -0.1) is 0 Å². The van der Waals surface area contributed by atoms with Crippen molar-refractivity contribution in [2.45, 2.75) is 119 Å². The Morgan fingerprint density at radius 1 is 0.750 bits per heavy atom. The van der Waals surface area contributed by atoms with Crippen LogP contribution in [0, 0.1) is 22.7 Å². The van der Waals surface area contributed by atoms with Gasteiger partial charge in [0.15, 0.2) is 0 Å². The van der Waals surface area contributed by atoms with Crippen LogP contribution >= 0.6 is 0 Å². The topological polar surface area (TPSA) is 37.6 Å². The summed E-state index contributed by atoms with van der Waals surface area (Å²) >= 11 is 0. The molecule has 1 aromatic rings. The smallest absolute Gasteiger partial charge is 0.0845 e. The molecule has 2 unspecified atom stereocenters. The second-order valence-corrected chi connectivity index (χ2v) is 12.5. The number of rotatable bonds is 4. The second-order valence-electron chi connectivity index (χ2n) is 12.5. The summed E-state index contributed by atoms with van der Waals surface area (Å²) in [6, 6.07) is 7.20. The van der Waals surface area contributed by atoms with Crippen molar-refractivity contribution in [3.63, 3.8) is 0 Å². The first-order chi connectivity index (χ1) is 14.9. The van der Waals surface area contributed by atoms with Gasteiger partial charge >= 0.3 is 0 Å². The van der Waals surface area contributed by atoms with E-state index in [-0.39, 0.29) is 0 Å². The molecule has 2 saturated carbocycles. The predicted molar refractivity (Wildman–Crippen MR) is 139 cm³/mol. The SMILES string of the molecule is CC(=NC1CCC(C(C)(C)C)CC1)c1cccc(C(C)=NC2CCCCC2C(C)(C)C)n1. The Morgan fingerprint density at radius 3 is 1.88 bits per heavy atom. The monoisotopic (exact) mass is 437 g/mol. The third kappa shape index (κ3) is 6.51. The van der Waals surface area contributed by atoms with Crippen molar-refractivity contribution < 1.29 is 0 Å². The van der Waals surface area contributed by atoms with Gasteiger partial charge in [-0.3, -0.25) is 9.98 Å². The quantitative estimate of drug-likeness (QED) is 0.441. The zero-order valence-corrected chi connectivity index (χ0v) is 22.0. The van der Waals surface area contributed by atoms with E-state index in [2.05, 4.69) is 73.6 Å². The van der Waals surface area contributed by atoms with Gasteiger partial charge in [0.25, 0.3) is 0 Å². The number of aromatic nitrogens is 1. The van der Waals surface area contributed by atoms with Gasteiger partial charge < -0.3 is 0 Å². The highest BCUT2D eigenvalue weighted by Gasteiger charge is 2.34. The van der Waals surface area contributed by atoms with Crippen LogP contribution in [0.5, 0.6) is 0 Å². The summed E-state index contributed by atoms with van der Waals surface area (Å²) in [5.41, 5.74) is 4.88. The molecule has 0 N–H and O–H groups in total. The Morgan fingerprint density at radius 2 is 1.31 bits per heavy atom. The van der Waals surface area contributed by atoms with Crippen LogP contribution in [0.4, 0.5) is 0 Å². The summed E-state index contributed by atoms with van der Waals surface area (Å²) in [7, 11) is 0. The summed E-state index contributed by atoms with van der Waals surface area (Å²) in [4.78, 5) is 15.3. The van der Waals surface area contributed by atoms with Crippen LogP contribution in [-0.4, -0.2) is 28.5 Å². The van der Waals surface area contributed by atoms with Crippen LogP contribution in [0.1, 0.15) is 118 Å². The molecule has 1 heterocycles. The fourth-order valence-corrected chi connectivity index (χ4v) is 5.84. The van der Waals surface area contributed by atoms with Gasteiger partial charge in [-0.25, -0.2) is 4.98 Å². The molecule has 0 radical (unpaired) electrons. The lowest BCUT2D eigenvalue weighted by molar-refractivity contribution is 0.154. The minimum atomic E-state index is 0.305. The Balaban J connectivity index is 1.72. The molecule has 0 spiro atoms. The van der Waals surface area contributed by atoms with Gasteiger partial charge in [0.05, 0.1) is 34.9 Å². The maximum Gasteiger partial charge on any atom is 0.0845 e. The molecule has 2 atom stereocenters. The Bertz CT molecular complexity index is 814. The maximum atomic E-state index is 5.22. The largest absolute Gasteiger partial charge is 0.284 e. The number of aliphatic imine (C=N–C) groups is 2. The number of hydrogen-bond donors (Lipinski definition) is 0. The number of pyridine rings is 1. The molecule has 2 fully saturated rings. The molecule has 0 saturated heterocycles. The lowest BCUT2D eigenvalue weighted by Crippen LogP contribution is -2.34. The average Bonchev–Trinajstić information content (AvgIpc) is 2.73. The normalized spacial score (nSPS) is 28.6. The molecule has 3 rings (SSSR count). The molecule has 1 aromatic heterocycles. The summed E-state index contributed by atoms with van der Waals surface area (Å²) in [5, 5.41) is 0. The molecule has 0 bridgehead atoms. The van der Waals surface area contributed by atoms with Crippen molar-refractivity contribution >= 4 is 11.4 Å². The van der Waals surface area contributed by atoms with Crippen LogP contribution < -0.4 is 0 Å². The van der Waals surface area contributed by atoms with E-state index in [1.807, 2.05) is 0 Å². The van der Waals surface area contributed by atoms with E-state index in [9.17, 15) is 0 Å². The summed E-state index contributed by atoms with van der Waals surface area (Å²) in [5.74, 6) is 1.48. The van der Waals surface area contributed by atoms with E-state index in [4.69, 9.17) is 15.0 Å². The van der Waals surface area contributed by atoms with E-state index < -0.39 is 0 Å². The van der Waals surface area contributed by atoms with Crippen molar-refractivity contribution in [3.8, 4) is 0 Å². The molecule has 3 nitrogen and oxygen atoms in total. The van der Waals surface area contributed by atoms with E-state index >= 15 is 0 Å². The third-order valence-electron chi connectivity index (χ3n) is 7.99. The van der Waals surface area contributed by atoms with Crippen molar-refractivity contribution in [1.29, 1.82) is 0 Å². The van der Waals surface area contributed by atoms with Crippen molar-refractivity contribution in [2.75, 3.05) is 0 Å². The zero-order chi connectivity index (χ0) is 23.5. The van der Waals surface area contributed by atoms with Crippen LogP contribution in [0.15, 0.2) is 28.2 Å². The fraction of sp³-hybridized carbons (Fsp3) is 0.759. The maximum absolute atomic E-state index is 5.22. The number of hydrogen-bond acceptors (Lipinski definition) is 3. The van der Waals surface area contributed by atoms with Gasteiger partial charge in [-0.05, 0) is 87.2 Å². The molecule has 0 aromatic carbocycles. The molecule has 0 aliphatic heterocycles. The lowest BCUT2D eigenvalue weighted by atomic mass is 9.70.